The van der Waals surface area contributed by atoms with Gasteiger partial charge in [0.1, 0.15) is 16.4 Å². The molecule has 33 heavy (non-hydrogen) atoms. The fraction of sp³-hybridized carbons (Fsp3) is 0.208. The summed E-state index contributed by atoms with van der Waals surface area (Å²) in [6.07, 6.45) is 0.434. The number of ether oxygens (including phenoxy) is 1. The van der Waals surface area contributed by atoms with Gasteiger partial charge in [-0.15, -0.1) is 34.0 Å². The molecule has 1 saturated carbocycles. The van der Waals surface area contributed by atoms with Crippen molar-refractivity contribution >= 4 is 61.3 Å². The number of thiazole rings is 1. The van der Waals surface area contributed by atoms with Crippen LogP contribution in [0.4, 0.5) is 10.6 Å². The average molecular weight is 495 g/mol. The van der Waals surface area contributed by atoms with Crippen molar-refractivity contribution < 1.29 is 19.4 Å². The molecule has 2 N–H and O–H groups in total. The van der Waals surface area contributed by atoms with Crippen molar-refractivity contribution in [2.24, 2.45) is 0 Å². The SMILES string of the molecule is C[C@@H](OC(=O)Nc1ncsc1C#Cc1cc2sc(C3(C(=O)O)CC3)cc2s1)c1ccccc1. The van der Waals surface area contributed by atoms with Crippen LogP contribution >= 0.6 is 34.0 Å². The number of nitrogens with zero attached hydrogens (tertiary/aromatic N) is 1. The molecule has 1 atom stereocenters. The fourth-order valence-corrected chi connectivity index (χ4v) is 6.52. The first-order valence-electron chi connectivity index (χ1n) is 10.2. The number of anilines is 1. The summed E-state index contributed by atoms with van der Waals surface area (Å²) in [4.78, 5) is 30.5. The monoisotopic (exact) mass is 494 g/mol. The number of amides is 1. The van der Waals surface area contributed by atoms with Crippen LogP contribution in [-0.2, 0) is 14.9 Å². The number of aliphatic carboxylic acids is 1. The summed E-state index contributed by atoms with van der Waals surface area (Å²) >= 11 is 4.41. The number of carbonyl (C=O) groups excluding carboxylic acids is 1. The smallest absolute Gasteiger partial charge is 0.413 e. The minimum absolute atomic E-state index is 0.371. The van der Waals surface area contributed by atoms with Gasteiger partial charge in [-0.1, -0.05) is 30.3 Å². The molecule has 1 aliphatic rings. The first kappa shape index (κ1) is 21.6. The van der Waals surface area contributed by atoms with Crippen molar-refractivity contribution in [2.45, 2.75) is 31.3 Å². The zero-order chi connectivity index (χ0) is 23.0. The Morgan fingerprint density at radius 3 is 2.61 bits per heavy atom. The quantitative estimate of drug-likeness (QED) is 0.320. The standard InChI is InChI=1S/C24H18N2O4S3/c1-14(15-5-3-2-4-6-15)30-23(29)26-21-17(31-13-25-21)8-7-16-11-18-19(32-16)12-20(33-18)24(9-10-24)22(27)28/h2-6,11-14H,9-10H2,1H3,(H,26,29)(H,27,28)/t14-/m1/s1. The molecule has 9 heteroatoms. The summed E-state index contributed by atoms with van der Waals surface area (Å²) in [5.74, 6) is 5.85. The predicted octanol–water partition coefficient (Wildman–Crippen LogP) is 6.25. The van der Waals surface area contributed by atoms with Gasteiger partial charge in [0.15, 0.2) is 5.82 Å². The molecule has 6 nitrogen and oxygen atoms in total. The highest BCUT2D eigenvalue weighted by Crippen LogP contribution is 2.52. The van der Waals surface area contributed by atoms with E-state index in [2.05, 4.69) is 22.1 Å². The lowest BCUT2D eigenvalue weighted by Crippen LogP contribution is -2.17. The Morgan fingerprint density at radius 1 is 1.15 bits per heavy atom. The lowest BCUT2D eigenvalue weighted by Gasteiger charge is -2.13. The molecule has 1 aliphatic carbocycles. The molecule has 3 heterocycles. The molecule has 0 aliphatic heterocycles. The number of hydrogen-bond donors (Lipinski definition) is 2. The molecule has 3 aromatic heterocycles. The van der Waals surface area contributed by atoms with E-state index < -0.39 is 17.5 Å². The predicted molar refractivity (Wildman–Crippen MR) is 131 cm³/mol. The Balaban J connectivity index is 1.27. The average Bonchev–Trinajstić information content (AvgIpc) is 3.12. The second kappa shape index (κ2) is 8.63. The van der Waals surface area contributed by atoms with Crippen molar-refractivity contribution in [1.29, 1.82) is 0 Å². The fourth-order valence-electron chi connectivity index (χ4n) is 3.44. The van der Waals surface area contributed by atoms with E-state index in [1.807, 2.05) is 49.4 Å². The highest BCUT2D eigenvalue weighted by Gasteiger charge is 2.53. The topological polar surface area (TPSA) is 88.5 Å². The molecule has 0 unspecified atom stereocenters. The molecule has 4 aromatic rings. The van der Waals surface area contributed by atoms with Crippen LogP contribution in [0.25, 0.3) is 9.40 Å². The van der Waals surface area contributed by atoms with Crippen molar-refractivity contribution in [1.82, 2.24) is 4.98 Å². The Labute approximate surface area is 201 Å². The van der Waals surface area contributed by atoms with E-state index in [-0.39, 0.29) is 6.10 Å². The third-order valence-corrected chi connectivity index (χ3v) is 8.63. The number of hydrogen-bond acceptors (Lipinski definition) is 7. The maximum absolute atomic E-state index is 12.3. The molecule has 166 valence electrons. The maximum atomic E-state index is 12.3. The molecule has 0 saturated heterocycles. The molecule has 1 amide bonds. The van der Waals surface area contributed by atoms with Crippen LogP contribution in [0.5, 0.6) is 0 Å². The third-order valence-electron chi connectivity index (χ3n) is 5.48. The molecule has 0 spiro atoms. The van der Waals surface area contributed by atoms with Crippen LogP contribution in [0.1, 0.15) is 46.1 Å². The van der Waals surface area contributed by atoms with Gasteiger partial charge in [-0.05, 0) is 49.3 Å². The summed E-state index contributed by atoms with van der Waals surface area (Å²) in [5, 5.41) is 12.2. The van der Waals surface area contributed by atoms with Gasteiger partial charge in [0.2, 0.25) is 0 Å². The lowest BCUT2D eigenvalue weighted by atomic mass is 10.1. The van der Waals surface area contributed by atoms with Crippen molar-refractivity contribution in [3.8, 4) is 11.8 Å². The van der Waals surface area contributed by atoms with E-state index in [1.165, 1.54) is 34.0 Å². The Kier molecular flexibility index (Phi) is 5.66. The molecule has 1 aromatic carbocycles. The first-order chi connectivity index (χ1) is 15.9. The van der Waals surface area contributed by atoms with Crippen molar-refractivity contribution in [2.75, 3.05) is 5.32 Å². The van der Waals surface area contributed by atoms with Crippen LogP contribution in [0.2, 0.25) is 0 Å². The number of carboxylic acid groups (broad SMARTS) is 1. The molecular formula is C24H18N2O4S3. The number of nitrogens with one attached hydrogen (secondary N) is 1. The number of carboxylic acids is 1. The van der Waals surface area contributed by atoms with Crippen LogP contribution < -0.4 is 5.32 Å². The zero-order valence-electron chi connectivity index (χ0n) is 17.5. The van der Waals surface area contributed by atoms with Gasteiger partial charge < -0.3 is 9.84 Å². The third kappa shape index (κ3) is 4.37. The van der Waals surface area contributed by atoms with Crippen LogP contribution in [0, 0.1) is 11.8 Å². The highest BCUT2D eigenvalue weighted by molar-refractivity contribution is 7.28. The molecule has 0 radical (unpaired) electrons. The zero-order valence-corrected chi connectivity index (χ0v) is 19.9. The summed E-state index contributed by atoms with van der Waals surface area (Å²) in [6.45, 7) is 1.81. The second-order valence-corrected chi connectivity index (χ2v) is 10.7. The number of benzene rings is 1. The molecule has 0 bridgehead atoms. The number of rotatable bonds is 5. The summed E-state index contributed by atoms with van der Waals surface area (Å²) in [7, 11) is 0. The minimum Gasteiger partial charge on any atom is -0.481 e. The lowest BCUT2D eigenvalue weighted by molar-refractivity contribution is -0.139. The maximum Gasteiger partial charge on any atom is 0.413 e. The van der Waals surface area contributed by atoms with Crippen LogP contribution in [0.15, 0.2) is 48.0 Å². The van der Waals surface area contributed by atoms with Gasteiger partial charge in [-0.3, -0.25) is 10.1 Å². The Bertz CT molecular complexity index is 1370. The van der Waals surface area contributed by atoms with Crippen LogP contribution in [0.3, 0.4) is 0 Å². The summed E-state index contributed by atoms with van der Waals surface area (Å²) in [6, 6.07) is 13.5. The van der Waals surface area contributed by atoms with Crippen LogP contribution in [-0.4, -0.2) is 22.2 Å². The van der Waals surface area contributed by atoms with E-state index in [1.54, 1.807) is 5.51 Å². The van der Waals surface area contributed by atoms with E-state index in [9.17, 15) is 14.7 Å². The van der Waals surface area contributed by atoms with E-state index in [0.29, 0.717) is 23.5 Å². The van der Waals surface area contributed by atoms with Gasteiger partial charge in [-0.25, -0.2) is 9.78 Å². The number of fused-ring (bicyclic) bond motifs is 1. The minimum atomic E-state index is -0.738. The number of carbonyl (C=O) groups is 2. The first-order valence-corrected chi connectivity index (χ1v) is 12.7. The number of aromatic nitrogens is 1. The Morgan fingerprint density at radius 2 is 1.91 bits per heavy atom. The second-order valence-electron chi connectivity index (χ2n) is 7.70. The van der Waals surface area contributed by atoms with Gasteiger partial charge in [-0.2, -0.15) is 0 Å². The van der Waals surface area contributed by atoms with E-state index in [0.717, 1.165) is 24.7 Å². The van der Waals surface area contributed by atoms with Crippen molar-refractivity contribution in [3.05, 3.63) is 68.2 Å². The largest absolute Gasteiger partial charge is 0.481 e. The number of thiophene rings is 2. The normalized spacial score (nSPS) is 14.8. The molecule has 1 fully saturated rings. The molecular weight excluding hydrogens is 476 g/mol. The van der Waals surface area contributed by atoms with Gasteiger partial charge in [0, 0.05) is 14.3 Å². The van der Waals surface area contributed by atoms with Crippen molar-refractivity contribution in [3.63, 3.8) is 0 Å². The van der Waals surface area contributed by atoms with E-state index >= 15 is 0 Å². The van der Waals surface area contributed by atoms with E-state index in [4.69, 9.17) is 4.74 Å². The molecule has 5 rings (SSSR count). The van der Waals surface area contributed by atoms with Gasteiger partial charge in [0.25, 0.3) is 0 Å². The summed E-state index contributed by atoms with van der Waals surface area (Å²) in [5.41, 5.74) is 1.86. The highest BCUT2D eigenvalue weighted by atomic mass is 32.1. The Hall–Kier alpha value is -3.19. The summed E-state index contributed by atoms with van der Waals surface area (Å²) < 4.78 is 7.54. The van der Waals surface area contributed by atoms with Gasteiger partial charge in [0.05, 0.1) is 10.4 Å². The van der Waals surface area contributed by atoms with Gasteiger partial charge >= 0.3 is 12.1 Å².